The number of nitrogens with one attached hydrogen (secondary N) is 1. The number of carbonyl (C=O) groups excluding carboxylic acids is 1. The number of aromatic amines is 1. The Morgan fingerprint density at radius 2 is 2.42 bits per heavy atom. The van der Waals surface area contributed by atoms with Crippen LogP contribution in [0.4, 0.5) is 4.56 Å². The summed E-state index contributed by atoms with van der Waals surface area (Å²) in [5, 5.41) is 6.49. The number of primary amides is 1. The molecular weight excluding hydrogens is 223 g/mol. The van der Waals surface area contributed by atoms with Crippen molar-refractivity contribution < 1.29 is 4.79 Å². The number of H-pyrrole nitrogens is 1. The van der Waals surface area contributed by atoms with Crippen molar-refractivity contribution in [2.75, 3.05) is 5.73 Å². The summed E-state index contributed by atoms with van der Waals surface area (Å²) in [4.78, 5) is 10.8. The van der Waals surface area contributed by atoms with E-state index in [-0.39, 0.29) is 14.5 Å². The van der Waals surface area contributed by atoms with E-state index >= 15 is 0 Å². The Kier molecular flexibility index (Phi) is 1.46. The average molecular weight is 229 g/mol. The third-order valence-electron chi connectivity index (χ3n) is 1.49. The van der Waals surface area contributed by atoms with Crippen molar-refractivity contribution in [1.82, 2.24) is 10.2 Å². The van der Waals surface area contributed by atoms with E-state index < -0.39 is 5.91 Å². The molecule has 0 aliphatic carbocycles. The minimum absolute atomic E-state index is 0.00664. The molecule has 0 fully saturated rings. The van der Waals surface area contributed by atoms with Gasteiger partial charge in [0.25, 0.3) is 0 Å². The molecule has 0 bridgehead atoms. The van der Waals surface area contributed by atoms with Gasteiger partial charge in [-0.15, -0.1) is 0 Å². The van der Waals surface area contributed by atoms with Crippen molar-refractivity contribution in [3.05, 3.63) is 11.8 Å². The number of nitrogen functional groups attached to an aromatic ring is 1. The Labute approximate surface area is 73.5 Å². The van der Waals surface area contributed by atoms with Gasteiger partial charge in [-0.1, -0.05) is 0 Å². The van der Waals surface area contributed by atoms with Gasteiger partial charge in [-0.2, -0.15) is 0 Å². The maximum absolute atomic E-state index is 10.8. The molecule has 2 aromatic heterocycles. The summed E-state index contributed by atoms with van der Waals surface area (Å²) in [6, 6.07) is 1.79. The summed E-state index contributed by atoms with van der Waals surface area (Å²) in [5.41, 5.74) is 11.8. The van der Waals surface area contributed by atoms with Crippen LogP contribution in [0, 0.1) is 0 Å². The Balaban J connectivity index is 2.76. The summed E-state index contributed by atoms with van der Waals surface area (Å²) in [5.74, 6) is -0.502. The van der Waals surface area contributed by atoms with Crippen LogP contribution < -0.4 is 11.5 Å². The van der Waals surface area contributed by atoms with Crippen molar-refractivity contribution >= 4 is 34.7 Å². The number of hydrogen-bond donors (Lipinski definition) is 3. The topological polar surface area (TPSA) is 97.8 Å². The van der Waals surface area contributed by atoms with Gasteiger partial charge < -0.3 is 0 Å². The van der Waals surface area contributed by atoms with Crippen LogP contribution in [0.2, 0.25) is 0 Å². The zero-order chi connectivity index (χ0) is 8.72. The number of rotatable bonds is 1. The molecule has 1 amide bonds. The molecule has 5 nitrogen and oxygen atoms in total. The first kappa shape index (κ1) is 7.39. The van der Waals surface area contributed by atoms with Crippen molar-refractivity contribution in [3.63, 3.8) is 0 Å². The Morgan fingerprint density at radius 1 is 1.67 bits per heavy atom. The maximum atomic E-state index is 10.8. The molecule has 5 N–H and O–H groups in total. The van der Waals surface area contributed by atoms with Crippen LogP contribution >= 0.6 is 0 Å². The van der Waals surface area contributed by atoms with E-state index in [9.17, 15) is 4.79 Å². The summed E-state index contributed by atoms with van der Waals surface area (Å²) in [6.07, 6.45) is 0. The van der Waals surface area contributed by atoms with E-state index in [1.165, 1.54) is 0 Å². The van der Waals surface area contributed by atoms with E-state index in [0.717, 1.165) is 14.3 Å². The molecule has 2 aromatic rings. The second kappa shape index (κ2) is 2.36. The van der Waals surface area contributed by atoms with Gasteiger partial charge >= 0.3 is 73.0 Å². The van der Waals surface area contributed by atoms with Gasteiger partial charge in [0.15, 0.2) is 0 Å². The van der Waals surface area contributed by atoms with Gasteiger partial charge in [-0.3, -0.25) is 0 Å². The fourth-order valence-corrected chi connectivity index (χ4v) is 2.83. The van der Waals surface area contributed by atoms with E-state index in [2.05, 4.69) is 10.2 Å². The van der Waals surface area contributed by atoms with E-state index in [1.807, 2.05) is 0 Å². The number of carbonyl (C=O) groups is 1. The van der Waals surface area contributed by atoms with Crippen molar-refractivity contribution in [1.29, 1.82) is 0 Å². The Morgan fingerprint density at radius 3 is 3.08 bits per heavy atom. The van der Waals surface area contributed by atoms with E-state index in [4.69, 9.17) is 11.5 Å². The molecular formula is C6H6N4OSe. The minimum atomic E-state index is -0.502. The van der Waals surface area contributed by atoms with Crippen LogP contribution in [0.25, 0.3) is 9.78 Å². The molecule has 0 aromatic carbocycles. The monoisotopic (exact) mass is 230 g/mol. The number of nitrogens with two attached hydrogens (primary N) is 2. The molecule has 0 atom stereocenters. The van der Waals surface area contributed by atoms with Crippen molar-refractivity contribution in [2.24, 2.45) is 5.73 Å². The van der Waals surface area contributed by atoms with Crippen molar-refractivity contribution in [3.8, 4) is 0 Å². The average Bonchev–Trinajstić information content (AvgIpc) is 2.43. The molecule has 0 radical (unpaired) electrons. The third-order valence-corrected chi connectivity index (χ3v) is 3.52. The molecule has 62 valence electrons. The fraction of sp³-hybridized carbons (Fsp3) is 0. The molecule has 6 heteroatoms. The molecule has 0 spiro atoms. The van der Waals surface area contributed by atoms with Gasteiger partial charge in [0, 0.05) is 0 Å². The van der Waals surface area contributed by atoms with Gasteiger partial charge in [0.1, 0.15) is 0 Å². The molecule has 0 unspecified atom stereocenters. The van der Waals surface area contributed by atoms with Gasteiger partial charge in [-0.25, -0.2) is 0 Å². The van der Waals surface area contributed by atoms with Gasteiger partial charge in [-0.05, 0) is 0 Å². The summed E-state index contributed by atoms with van der Waals surface area (Å²) in [6.45, 7) is 0. The van der Waals surface area contributed by atoms with Crippen LogP contribution in [0.15, 0.2) is 6.07 Å². The summed E-state index contributed by atoms with van der Waals surface area (Å²) >= 11 is 0.00664. The summed E-state index contributed by atoms with van der Waals surface area (Å²) < 4.78 is 1.65. The van der Waals surface area contributed by atoms with Gasteiger partial charge in [0.05, 0.1) is 0 Å². The van der Waals surface area contributed by atoms with Crippen LogP contribution in [-0.4, -0.2) is 30.6 Å². The predicted octanol–water partition coefficient (Wildman–Crippen LogP) is -0.699. The quantitative estimate of drug-likeness (QED) is 0.564. The SMILES string of the molecule is NC(=O)c1n[nH]c2cc(N)[se]c12. The standard InChI is InChI=1S/C6H6N4OSe/c7-3-1-2-5(12-3)4(6(8)11)10-9-2/h1H,7H2,(H2,8,11)(H,9,10). The zero-order valence-corrected chi connectivity index (χ0v) is 7.71. The number of amides is 1. The Hall–Kier alpha value is -1.26. The first-order chi connectivity index (χ1) is 5.68. The molecule has 12 heavy (non-hydrogen) atoms. The van der Waals surface area contributed by atoms with E-state index in [1.54, 1.807) is 6.07 Å². The molecule has 0 aliphatic rings. The van der Waals surface area contributed by atoms with Crippen LogP contribution in [0.1, 0.15) is 10.5 Å². The third kappa shape index (κ3) is 0.929. The summed E-state index contributed by atoms with van der Waals surface area (Å²) in [7, 11) is 0. The predicted molar refractivity (Wildman–Crippen MR) is 46.0 cm³/mol. The zero-order valence-electron chi connectivity index (χ0n) is 6.00. The van der Waals surface area contributed by atoms with Gasteiger partial charge in [0.2, 0.25) is 0 Å². The normalized spacial score (nSPS) is 10.7. The van der Waals surface area contributed by atoms with Crippen LogP contribution in [-0.2, 0) is 0 Å². The van der Waals surface area contributed by atoms with E-state index in [0.29, 0.717) is 5.69 Å². The first-order valence-electron chi connectivity index (χ1n) is 3.21. The molecule has 2 heterocycles. The number of fused-ring (bicyclic) bond motifs is 1. The molecule has 0 saturated heterocycles. The second-order valence-corrected chi connectivity index (χ2v) is 4.60. The van der Waals surface area contributed by atoms with Crippen LogP contribution in [0.5, 0.6) is 0 Å². The molecule has 2 rings (SSSR count). The second-order valence-electron chi connectivity index (χ2n) is 2.33. The Bertz CT molecular complexity index is 443. The molecule has 0 saturated carbocycles. The van der Waals surface area contributed by atoms with Crippen molar-refractivity contribution in [2.45, 2.75) is 0 Å². The molecule has 0 aliphatic heterocycles. The number of anilines is 1. The number of aromatic nitrogens is 2. The van der Waals surface area contributed by atoms with Crippen LogP contribution in [0.3, 0.4) is 0 Å². The number of nitrogens with zero attached hydrogens (tertiary/aromatic N) is 1. The number of hydrogen-bond acceptors (Lipinski definition) is 3. The first-order valence-corrected chi connectivity index (χ1v) is 4.93. The fourth-order valence-electron chi connectivity index (χ4n) is 1.00.